The maximum Gasteiger partial charge on any atom is 0.0646 e. The van der Waals surface area contributed by atoms with Crippen LogP contribution in [0.1, 0.15) is 30.4 Å². The summed E-state index contributed by atoms with van der Waals surface area (Å²) in [6.45, 7) is 7.18. The minimum atomic E-state index is -0.669. The first-order valence-electron chi connectivity index (χ1n) is 6.85. The Morgan fingerprint density at radius 2 is 1.94 bits per heavy atom. The van der Waals surface area contributed by atoms with Crippen LogP contribution in [-0.4, -0.2) is 8.80 Å². The van der Waals surface area contributed by atoms with Crippen molar-refractivity contribution in [2.45, 2.75) is 32.4 Å². The lowest BCUT2D eigenvalue weighted by atomic mass is 9.90. The summed E-state index contributed by atoms with van der Waals surface area (Å²) < 4.78 is 0. The molecule has 1 atom stereocenters. The maximum absolute atomic E-state index is 2.48. The van der Waals surface area contributed by atoms with Crippen molar-refractivity contribution < 1.29 is 0 Å². The average Bonchev–Trinajstić information content (AvgIpc) is 2.92. The molecule has 1 unspecified atom stereocenters. The molecule has 2 aliphatic carbocycles. The highest BCUT2D eigenvalue weighted by Gasteiger charge is 2.26. The molecule has 1 aromatic carbocycles. The molecule has 0 saturated carbocycles. The van der Waals surface area contributed by atoms with Crippen molar-refractivity contribution in [1.29, 1.82) is 0 Å². The highest BCUT2D eigenvalue weighted by atomic mass is 28.3. The SMILES string of the molecule is CC1=C(C2C=Cc3ccccc32)CC=C1[SiH](C)C. The molecule has 2 aliphatic rings. The summed E-state index contributed by atoms with van der Waals surface area (Å²) in [6.07, 6.45) is 8.30. The normalized spacial score (nSPS) is 21.8. The van der Waals surface area contributed by atoms with Gasteiger partial charge < -0.3 is 0 Å². The van der Waals surface area contributed by atoms with Crippen LogP contribution in [0.25, 0.3) is 6.08 Å². The first-order chi connectivity index (χ1) is 8.68. The van der Waals surface area contributed by atoms with Crippen LogP contribution in [0, 0.1) is 0 Å². The minimum Gasteiger partial charge on any atom is -0.0812 e. The van der Waals surface area contributed by atoms with Gasteiger partial charge in [0.05, 0.1) is 8.80 Å². The van der Waals surface area contributed by atoms with Crippen LogP contribution in [0.3, 0.4) is 0 Å². The van der Waals surface area contributed by atoms with E-state index in [2.05, 4.69) is 62.5 Å². The van der Waals surface area contributed by atoms with Gasteiger partial charge in [0.2, 0.25) is 0 Å². The summed E-state index contributed by atoms with van der Waals surface area (Å²) >= 11 is 0. The van der Waals surface area contributed by atoms with E-state index in [1.165, 1.54) is 11.1 Å². The van der Waals surface area contributed by atoms with Crippen LogP contribution in [-0.2, 0) is 0 Å². The van der Waals surface area contributed by atoms with Crippen molar-refractivity contribution in [3.8, 4) is 0 Å². The minimum absolute atomic E-state index is 0.530. The van der Waals surface area contributed by atoms with E-state index in [4.69, 9.17) is 0 Å². The molecular weight excluding hydrogens is 232 g/mol. The van der Waals surface area contributed by atoms with Crippen molar-refractivity contribution in [3.63, 3.8) is 0 Å². The smallest absolute Gasteiger partial charge is 0.0646 e. The molecular formula is C17H20Si. The Hall–Kier alpha value is -1.34. The number of fused-ring (bicyclic) bond motifs is 1. The van der Waals surface area contributed by atoms with Gasteiger partial charge in [-0.25, -0.2) is 0 Å². The van der Waals surface area contributed by atoms with Gasteiger partial charge in [-0.1, -0.05) is 71.9 Å². The van der Waals surface area contributed by atoms with Gasteiger partial charge in [0.15, 0.2) is 0 Å². The van der Waals surface area contributed by atoms with Crippen LogP contribution < -0.4 is 0 Å². The average molecular weight is 252 g/mol. The zero-order valence-electron chi connectivity index (χ0n) is 11.4. The molecule has 1 aromatic rings. The van der Waals surface area contributed by atoms with E-state index in [0.29, 0.717) is 5.92 Å². The van der Waals surface area contributed by atoms with Gasteiger partial charge in [-0.05, 0) is 24.5 Å². The second-order valence-corrected chi connectivity index (χ2v) is 8.57. The Balaban J connectivity index is 1.98. The van der Waals surface area contributed by atoms with Crippen LogP contribution in [0.15, 0.2) is 52.8 Å². The zero-order valence-corrected chi connectivity index (χ0v) is 12.6. The predicted octanol–water partition coefficient (Wildman–Crippen LogP) is 4.47. The van der Waals surface area contributed by atoms with Crippen molar-refractivity contribution in [2.75, 3.05) is 0 Å². The summed E-state index contributed by atoms with van der Waals surface area (Å²) in [4.78, 5) is 0. The van der Waals surface area contributed by atoms with Gasteiger partial charge in [-0.3, -0.25) is 0 Å². The molecule has 0 saturated heterocycles. The Kier molecular flexibility index (Phi) is 2.87. The molecule has 0 N–H and O–H groups in total. The van der Waals surface area contributed by atoms with E-state index in [9.17, 15) is 0 Å². The van der Waals surface area contributed by atoms with E-state index in [-0.39, 0.29) is 0 Å². The van der Waals surface area contributed by atoms with Crippen molar-refractivity contribution in [2.24, 2.45) is 0 Å². The summed E-state index contributed by atoms with van der Waals surface area (Å²) in [5.41, 5.74) is 6.11. The summed E-state index contributed by atoms with van der Waals surface area (Å²) in [6, 6.07) is 8.80. The molecule has 0 aromatic heterocycles. The largest absolute Gasteiger partial charge is 0.0812 e. The Labute approximate surface area is 111 Å². The summed E-state index contributed by atoms with van der Waals surface area (Å²) in [5, 5.41) is 1.68. The first kappa shape index (κ1) is 11.7. The molecule has 92 valence electrons. The van der Waals surface area contributed by atoms with Gasteiger partial charge in [0.1, 0.15) is 0 Å². The number of benzene rings is 1. The van der Waals surface area contributed by atoms with Gasteiger partial charge in [-0.2, -0.15) is 0 Å². The van der Waals surface area contributed by atoms with Crippen molar-refractivity contribution in [3.05, 3.63) is 63.9 Å². The Bertz CT molecular complexity index is 573. The maximum atomic E-state index is 2.48. The molecule has 0 spiro atoms. The molecule has 0 aliphatic heterocycles. The van der Waals surface area contributed by atoms with Crippen LogP contribution in [0.5, 0.6) is 0 Å². The van der Waals surface area contributed by atoms with Crippen LogP contribution in [0.2, 0.25) is 13.1 Å². The van der Waals surface area contributed by atoms with Crippen LogP contribution in [0.4, 0.5) is 0 Å². The Morgan fingerprint density at radius 3 is 2.67 bits per heavy atom. The predicted molar refractivity (Wildman–Crippen MR) is 82.5 cm³/mol. The molecule has 0 nitrogen and oxygen atoms in total. The van der Waals surface area contributed by atoms with Gasteiger partial charge >= 0.3 is 0 Å². The van der Waals surface area contributed by atoms with Gasteiger partial charge in [-0.15, -0.1) is 0 Å². The fourth-order valence-electron chi connectivity index (χ4n) is 3.29. The van der Waals surface area contributed by atoms with E-state index in [0.717, 1.165) is 6.42 Å². The Morgan fingerprint density at radius 1 is 1.17 bits per heavy atom. The highest BCUT2D eigenvalue weighted by Crippen LogP contribution is 2.42. The fraction of sp³-hybridized carbons (Fsp3) is 0.294. The second kappa shape index (κ2) is 4.40. The van der Waals surface area contributed by atoms with Crippen LogP contribution >= 0.6 is 0 Å². The molecule has 0 fully saturated rings. The lowest BCUT2D eigenvalue weighted by Gasteiger charge is -2.16. The third kappa shape index (κ3) is 1.74. The van der Waals surface area contributed by atoms with E-state index >= 15 is 0 Å². The lowest BCUT2D eigenvalue weighted by Crippen LogP contribution is -2.06. The molecule has 0 heterocycles. The zero-order chi connectivity index (χ0) is 12.7. The van der Waals surface area contributed by atoms with E-state index in [1.807, 2.05) is 0 Å². The number of rotatable bonds is 2. The molecule has 0 radical (unpaired) electrons. The standard InChI is InChI=1S/C17H20Si/c1-12-14(10-11-17(12)18(2)3)16-9-8-13-6-4-5-7-15(13)16/h4-9,11,16,18H,10H2,1-3H3. The molecule has 0 bridgehead atoms. The van der Waals surface area contributed by atoms with Gasteiger partial charge in [0.25, 0.3) is 0 Å². The number of hydrogen-bond donors (Lipinski definition) is 0. The number of hydrogen-bond acceptors (Lipinski definition) is 0. The fourth-order valence-corrected chi connectivity index (χ4v) is 4.93. The van der Waals surface area contributed by atoms with E-state index < -0.39 is 8.80 Å². The summed E-state index contributed by atoms with van der Waals surface area (Å²) in [7, 11) is -0.669. The highest BCUT2D eigenvalue weighted by molar-refractivity contribution is 6.65. The van der Waals surface area contributed by atoms with Crippen molar-refractivity contribution >= 4 is 14.9 Å². The molecule has 18 heavy (non-hydrogen) atoms. The third-order valence-electron chi connectivity index (χ3n) is 4.25. The summed E-state index contributed by atoms with van der Waals surface area (Å²) in [5.74, 6) is 0.530. The van der Waals surface area contributed by atoms with E-state index in [1.54, 1.807) is 16.3 Å². The van der Waals surface area contributed by atoms with Crippen molar-refractivity contribution in [1.82, 2.24) is 0 Å². The third-order valence-corrected chi connectivity index (χ3v) is 6.17. The van der Waals surface area contributed by atoms with Gasteiger partial charge in [0, 0.05) is 5.92 Å². The quantitative estimate of drug-likeness (QED) is 0.681. The topological polar surface area (TPSA) is 0 Å². The second-order valence-electron chi connectivity index (χ2n) is 5.63. The molecule has 3 rings (SSSR count). The lowest BCUT2D eigenvalue weighted by molar-refractivity contribution is 0.960. The monoisotopic (exact) mass is 252 g/mol. The molecule has 1 heteroatoms. The first-order valence-corrected chi connectivity index (χ1v) is 9.74. The number of allylic oxidation sites excluding steroid dienone is 5. The molecule has 0 amide bonds.